The Labute approximate surface area is 112 Å². The van der Waals surface area contributed by atoms with Gasteiger partial charge in [0.25, 0.3) is 0 Å². The Morgan fingerprint density at radius 2 is 1.89 bits per heavy atom. The number of benzene rings is 1. The number of ether oxygens (including phenoxy) is 1. The molecule has 0 aromatic heterocycles. The molecule has 2 rings (SSSR count). The Morgan fingerprint density at radius 1 is 1.26 bits per heavy atom. The lowest BCUT2D eigenvalue weighted by Crippen LogP contribution is -2.38. The summed E-state index contributed by atoms with van der Waals surface area (Å²) in [7, 11) is 0. The van der Waals surface area contributed by atoms with E-state index in [4.69, 9.17) is 5.73 Å². The molecule has 0 amide bonds. The predicted octanol–water partition coefficient (Wildman–Crippen LogP) is 3.35. The van der Waals surface area contributed by atoms with Crippen LogP contribution in [0.4, 0.5) is 20.2 Å². The highest BCUT2D eigenvalue weighted by atomic mass is 19.3. The Kier molecular flexibility index (Phi) is 4.12. The van der Waals surface area contributed by atoms with E-state index in [9.17, 15) is 8.78 Å². The molecule has 1 fully saturated rings. The predicted molar refractivity (Wildman–Crippen MR) is 72.6 cm³/mol. The number of rotatable bonds is 3. The summed E-state index contributed by atoms with van der Waals surface area (Å²) in [5.41, 5.74) is 6.78. The number of halogens is 2. The molecule has 0 radical (unpaired) electrons. The first-order valence-electron chi connectivity index (χ1n) is 6.55. The van der Waals surface area contributed by atoms with Gasteiger partial charge < -0.3 is 15.4 Å². The van der Waals surface area contributed by atoms with E-state index < -0.39 is 6.61 Å². The number of piperidine rings is 1. The lowest BCUT2D eigenvalue weighted by molar-refractivity contribution is -0.0493. The van der Waals surface area contributed by atoms with Gasteiger partial charge in [0.05, 0.1) is 5.69 Å². The second kappa shape index (κ2) is 5.63. The van der Waals surface area contributed by atoms with Gasteiger partial charge in [0.15, 0.2) is 5.75 Å². The lowest BCUT2D eigenvalue weighted by Gasteiger charge is -2.36. The van der Waals surface area contributed by atoms with E-state index >= 15 is 0 Å². The summed E-state index contributed by atoms with van der Waals surface area (Å²) < 4.78 is 29.1. The van der Waals surface area contributed by atoms with Crippen LogP contribution in [-0.4, -0.2) is 19.7 Å². The molecule has 1 aromatic rings. The lowest BCUT2D eigenvalue weighted by atomic mass is 9.91. The smallest absolute Gasteiger partial charge is 0.387 e. The summed E-state index contributed by atoms with van der Waals surface area (Å²) in [6, 6.07) is 5.08. The fourth-order valence-corrected chi connectivity index (χ4v) is 2.79. The molecule has 1 aliphatic rings. The fraction of sp³-hybridized carbons (Fsp3) is 0.571. The highest BCUT2D eigenvalue weighted by molar-refractivity contribution is 5.62. The fourth-order valence-electron chi connectivity index (χ4n) is 2.79. The quantitative estimate of drug-likeness (QED) is 0.856. The maximum atomic E-state index is 12.3. The summed E-state index contributed by atoms with van der Waals surface area (Å²) in [6.45, 7) is 3.43. The number of nitrogen functional groups attached to an aromatic ring is 1. The molecule has 0 spiro atoms. The number of nitrogens with zero attached hydrogens (tertiary/aromatic N) is 1. The Morgan fingerprint density at radius 3 is 2.47 bits per heavy atom. The molecule has 1 aromatic carbocycles. The van der Waals surface area contributed by atoms with E-state index in [0.29, 0.717) is 11.8 Å². The largest absolute Gasteiger partial charge is 0.433 e. The van der Waals surface area contributed by atoms with E-state index in [1.807, 2.05) is 6.07 Å². The number of nitrogens with two attached hydrogens (primary N) is 1. The van der Waals surface area contributed by atoms with Gasteiger partial charge in [-0.2, -0.15) is 8.78 Å². The molecule has 2 N–H and O–H groups in total. The summed E-state index contributed by atoms with van der Waals surface area (Å²) in [5, 5.41) is 0. The molecule has 0 saturated carbocycles. The topological polar surface area (TPSA) is 38.5 Å². The summed E-state index contributed by atoms with van der Waals surface area (Å²) in [5.74, 6) is 1.25. The molecule has 2 atom stereocenters. The molecule has 2 unspecified atom stereocenters. The molecule has 3 nitrogen and oxygen atoms in total. The highest BCUT2D eigenvalue weighted by Gasteiger charge is 2.22. The van der Waals surface area contributed by atoms with Crippen molar-refractivity contribution in [1.29, 1.82) is 0 Å². The first kappa shape index (κ1) is 13.9. The van der Waals surface area contributed by atoms with Crippen LogP contribution in [0.1, 0.15) is 20.3 Å². The van der Waals surface area contributed by atoms with Crippen LogP contribution in [-0.2, 0) is 0 Å². The van der Waals surface area contributed by atoms with Crippen LogP contribution in [0.3, 0.4) is 0 Å². The van der Waals surface area contributed by atoms with E-state index in [1.165, 1.54) is 6.42 Å². The van der Waals surface area contributed by atoms with Crippen molar-refractivity contribution in [3.8, 4) is 5.75 Å². The van der Waals surface area contributed by atoms with Crippen LogP contribution in [0, 0.1) is 11.8 Å². The average Bonchev–Trinajstić information content (AvgIpc) is 2.30. The van der Waals surface area contributed by atoms with Crippen LogP contribution in [0.5, 0.6) is 5.75 Å². The maximum Gasteiger partial charge on any atom is 0.387 e. The maximum absolute atomic E-state index is 12.3. The number of anilines is 2. The van der Waals surface area contributed by atoms with Crippen molar-refractivity contribution >= 4 is 11.4 Å². The summed E-state index contributed by atoms with van der Waals surface area (Å²) >= 11 is 0. The average molecular weight is 270 g/mol. The highest BCUT2D eigenvalue weighted by Crippen LogP contribution is 2.32. The molecule has 19 heavy (non-hydrogen) atoms. The third-order valence-corrected chi connectivity index (χ3v) is 3.45. The zero-order chi connectivity index (χ0) is 14.0. The first-order chi connectivity index (χ1) is 8.95. The summed E-state index contributed by atoms with van der Waals surface area (Å²) in [6.07, 6.45) is 1.20. The van der Waals surface area contributed by atoms with Gasteiger partial charge in [-0.15, -0.1) is 0 Å². The third-order valence-electron chi connectivity index (χ3n) is 3.45. The van der Waals surface area contributed by atoms with Gasteiger partial charge >= 0.3 is 6.61 Å². The summed E-state index contributed by atoms with van der Waals surface area (Å²) in [4.78, 5) is 2.20. The number of hydrogen-bond donors (Lipinski definition) is 1. The Bertz CT molecular complexity index is 429. The van der Waals surface area contributed by atoms with Crippen LogP contribution in [0.2, 0.25) is 0 Å². The number of alkyl halides is 2. The van der Waals surface area contributed by atoms with E-state index in [-0.39, 0.29) is 11.4 Å². The van der Waals surface area contributed by atoms with Gasteiger partial charge in [0.2, 0.25) is 0 Å². The van der Waals surface area contributed by atoms with Crippen molar-refractivity contribution in [2.45, 2.75) is 26.9 Å². The number of hydrogen-bond acceptors (Lipinski definition) is 3. The molecular weight excluding hydrogens is 250 g/mol. The van der Waals surface area contributed by atoms with E-state index in [1.54, 1.807) is 12.1 Å². The molecule has 5 heteroatoms. The van der Waals surface area contributed by atoms with Crippen LogP contribution in [0.25, 0.3) is 0 Å². The first-order valence-corrected chi connectivity index (χ1v) is 6.55. The molecule has 1 saturated heterocycles. The van der Waals surface area contributed by atoms with Gasteiger partial charge in [0.1, 0.15) is 0 Å². The van der Waals surface area contributed by atoms with Gasteiger partial charge in [-0.05, 0) is 30.4 Å². The monoisotopic (exact) mass is 270 g/mol. The van der Waals surface area contributed by atoms with Crippen molar-refractivity contribution in [2.75, 3.05) is 23.7 Å². The Balaban J connectivity index is 2.20. The van der Waals surface area contributed by atoms with Gasteiger partial charge in [-0.1, -0.05) is 13.8 Å². The van der Waals surface area contributed by atoms with Crippen LogP contribution in [0.15, 0.2) is 18.2 Å². The van der Waals surface area contributed by atoms with Crippen molar-refractivity contribution in [2.24, 2.45) is 11.8 Å². The van der Waals surface area contributed by atoms with Crippen molar-refractivity contribution in [3.63, 3.8) is 0 Å². The van der Waals surface area contributed by atoms with Crippen molar-refractivity contribution < 1.29 is 13.5 Å². The SMILES string of the molecule is CC1CC(C)CN(c2ccc(N)c(OC(F)F)c2)C1. The minimum Gasteiger partial charge on any atom is -0.433 e. The van der Waals surface area contributed by atoms with E-state index in [2.05, 4.69) is 23.5 Å². The third kappa shape index (κ3) is 3.49. The molecule has 1 aliphatic heterocycles. The minimum atomic E-state index is -2.85. The second-order valence-electron chi connectivity index (χ2n) is 5.45. The normalized spacial score (nSPS) is 23.7. The molecule has 0 aliphatic carbocycles. The van der Waals surface area contributed by atoms with Gasteiger partial charge in [-0.25, -0.2) is 0 Å². The van der Waals surface area contributed by atoms with Crippen molar-refractivity contribution in [3.05, 3.63) is 18.2 Å². The molecule has 0 bridgehead atoms. The van der Waals surface area contributed by atoms with Gasteiger partial charge in [-0.3, -0.25) is 0 Å². The minimum absolute atomic E-state index is 0.0541. The van der Waals surface area contributed by atoms with Crippen molar-refractivity contribution in [1.82, 2.24) is 0 Å². The molecule has 106 valence electrons. The molecular formula is C14H20F2N2O. The van der Waals surface area contributed by atoms with Gasteiger partial charge in [0, 0.05) is 24.8 Å². The van der Waals surface area contributed by atoms with Crippen LogP contribution >= 0.6 is 0 Å². The second-order valence-corrected chi connectivity index (χ2v) is 5.45. The molecule has 1 heterocycles. The zero-order valence-electron chi connectivity index (χ0n) is 11.3. The van der Waals surface area contributed by atoms with Crippen LogP contribution < -0.4 is 15.4 Å². The standard InChI is InChI=1S/C14H20F2N2O/c1-9-5-10(2)8-18(7-9)11-3-4-12(17)13(6-11)19-14(15)16/h3-4,6,9-10,14H,5,7-8,17H2,1-2H3. The zero-order valence-corrected chi connectivity index (χ0v) is 11.3. The Hall–Kier alpha value is -1.52. The van der Waals surface area contributed by atoms with E-state index in [0.717, 1.165) is 18.8 Å².